The lowest BCUT2D eigenvalue weighted by molar-refractivity contribution is -0.274. The predicted octanol–water partition coefficient (Wildman–Crippen LogP) is 3.30. The van der Waals surface area contributed by atoms with E-state index in [1.807, 2.05) is 0 Å². The Kier molecular flexibility index (Phi) is 4.83. The van der Waals surface area contributed by atoms with E-state index in [4.69, 9.17) is 9.63 Å². The van der Waals surface area contributed by atoms with Crippen LogP contribution in [-0.2, 0) is 12.1 Å². The van der Waals surface area contributed by atoms with Crippen molar-refractivity contribution in [1.82, 2.24) is 10.5 Å². The van der Waals surface area contributed by atoms with Crippen molar-refractivity contribution in [2.24, 2.45) is 0 Å². The molecule has 2 N–H and O–H groups in total. The first-order valence-corrected chi connectivity index (χ1v) is 6.86. The number of alkyl halides is 3. The maximum Gasteiger partial charge on any atom is 0.573 e. The smallest absolute Gasteiger partial charge is 0.478 e. The first kappa shape index (κ1) is 17.8. The Morgan fingerprint density at radius 2 is 1.92 bits per heavy atom. The third-order valence-corrected chi connectivity index (χ3v) is 3.28. The van der Waals surface area contributed by atoms with Crippen LogP contribution in [0.1, 0.15) is 35.5 Å². The second-order valence-corrected chi connectivity index (χ2v) is 5.55. The summed E-state index contributed by atoms with van der Waals surface area (Å²) in [5.41, 5.74) is 0.0495. The largest absolute Gasteiger partial charge is 0.573 e. The second-order valence-electron chi connectivity index (χ2n) is 5.55. The van der Waals surface area contributed by atoms with Crippen LogP contribution >= 0.6 is 0 Å². The molecule has 0 spiro atoms. The molecule has 6 nitrogen and oxygen atoms in total. The van der Waals surface area contributed by atoms with Gasteiger partial charge in [-0.25, -0.2) is 4.79 Å². The van der Waals surface area contributed by atoms with Gasteiger partial charge in [-0.1, -0.05) is 17.3 Å². The lowest BCUT2D eigenvalue weighted by Crippen LogP contribution is -2.37. The number of carboxylic acids is 1. The number of hydrogen-bond donors (Lipinski definition) is 2. The average Bonchev–Trinajstić information content (AvgIpc) is 2.95. The molecule has 0 aliphatic carbocycles. The molecule has 9 heteroatoms. The van der Waals surface area contributed by atoms with Gasteiger partial charge in [0.15, 0.2) is 0 Å². The molecule has 0 atom stereocenters. The zero-order valence-electron chi connectivity index (χ0n) is 12.8. The van der Waals surface area contributed by atoms with E-state index in [9.17, 15) is 18.0 Å². The Bertz CT molecular complexity index is 708. The number of nitrogens with one attached hydrogen (secondary N) is 1. The molecule has 2 aromatic rings. The molecule has 0 radical (unpaired) electrons. The third-order valence-electron chi connectivity index (χ3n) is 3.28. The number of aromatic carboxylic acids is 1. The van der Waals surface area contributed by atoms with Gasteiger partial charge < -0.3 is 19.7 Å². The summed E-state index contributed by atoms with van der Waals surface area (Å²) in [4.78, 5) is 11.1. The van der Waals surface area contributed by atoms with Gasteiger partial charge in [0.1, 0.15) is 23.3 Å². The van der Waals surface area contributed by atoms with Crippen molar-refractivity contribution in [2.45, 2.75) is 32.3 Å². The van der Waals surface area contributed by atoms with Crippen molar-refractivity contribution < 1.29 is 32.3 Å². The minimum absolute atomic E-state index is 0.0542. The number of nitrogens with zero attached hydrogens (tertiary/aromatic N) is 1. The summed E-state index contributed by atoms with van der Waals surface area (Å²) in [6.07, 6.45) is -3.69. The maximum atomic E-state index is 12.1. The number of carboxylic acid groups (broad SMARTS) is 1. The van der Waals surface area contributed by atoms with Gasteiger partial charge in [-0.05, 0) is 31.5 Å². The zero-order chi connectivity index (χ0) is 18.0. The molecule has 0 fully saturated rings. The van der Waals surface area contributed by atoms with Crippen LogP contribution in [0.2, 0.25) is 0 Å². The first-order valence-electron chi connectivity index (χ1n) is 6.86. The van der Waals surface area contributed by atoms with Crippen molar-refractivity contribution in [1.29, 1.82) is 0 Å². The van der Waals surface area contributed by atoms with Crippen molar-refractivity contribution in [3.05, 3.63) is 47.3 Å². The molecule has 0 unspecified atom stereocenters. The van der Waals surface area contributed by atoms with Crippen LogP contribution in [0, 0.1) is 0 Å². The summed E-state index contributed by atoms with van der Waals surface area (Å²) in [7, 11) is 0. The van der Waals surface area contributed by atoms with Crippen LogP contribution in [0.3, 0.4) is 0 Å². The number of carbonyl (C=O) groups is 1. The highest BCUT2D eigenvalue weighted by atomic mass is 19.4. The van der Waals surface area contributed by atoms with E-state index in [0.717, 1.165) is 6.26 Å². The normalized spacial score (nSPS) is 12.2. The van der Waals surface area contributed by atoms with Crippen LogP contribution in [0.5, 0.6) is 5.75 Å². The Labute approximate surface area is 135 Å². The molecule has 0 saturated heterocycles. The van der Waals surface area contributed by atoms with Gasteiger partial charge in [0.25, 0.3) is 0 Å². The van der Waals surface area contributed by atoms with Crippen molar-refractivity contribution >= 4 is 5.97 Å². The highest BCUT2D eigenvalue weighted by Gasteiger charge is 2.31. The third kappa shape index (κ3) is 4.48. The highest BCUT2D eigenvalue weighted by molar-refractivity contribution is 5.88. The van der Waals surface area contributed by atoms with Crippen molar-refractivity contribution in [3.63, 3.8) is 0 Å². The highest BCUT2D eigenvalue weighted by Crippen LogP contribution is 2.25. The van der Waals surface area contributed by atoms with E-state index in [0.29, 0.717) is 5.56 Å². The number of halogens is 3. The van der Waals surface area contributed by atoms with E-state index < -0.39 is 17.9 Å². The fourth-order valence-corrected chi connectivity index (χ4v) is 2.05. The summed E-state index contributed by atoms with van der Waals surface area (Å²) in [6, 6.07) is 5.36. The summed E-state index contributed by atoms with van der Waals surface area (Å²) >= 11 is 0. The molecule has 1 aromatic heterocycles. The van der Waals surface area contributed by atoms with Gasteiger partial charge in [0.05, 0.1) is 5.54 Å². The Morgan fingerprint density at radius 3 is 2.46 bits per heavy atom. The number of ether oxygens (including phenoxy) is 1. The molecule has 0 saturated carbocycles. The van der Waals surface area contributed by atoms with E-state index in [2.05, 4.69) is 15.2 Å². The predicted molar refractivity (Wildman–Crippen MR) is 76.5 cm³/mol. The standard InChI is InChI=1S/C15H15F3N2O4/c1-14(2,12-11(13(21)22)8-23-20-12)19-7-9-3-5-10(6-4-9)24-15(16,17)18/h3-6,8,19H,7H2,1-2H3,(H,21,22). The topological polar surface area (TPSA) is 84.6 Å². The number of benzene rings is 1. The molecule has 0 amide bonds. The van der Waals surface area contributed by atoms with Gasteiger partial charge in [0.2, 0.25) is 0 Å². The molecule has 1 heterocycles. The molecule has 1 aromatic carbocycles. The van der Waals surface area contributed by atoms with Crippen LogP contribution in [-0.4, -0.2) is 22.6 Å². The van der Waals surface area contributed by atoms with E-state index in [-0.39, 0.29) is 23.6 Å². The average molecular weight is 344 g/mol. The van der Waals surface area contributed by atoms with E-state index >= 15 is 0 Å². The molecular formula is C15H15F3N2O4. The number of rotatable bonds is 6. The van der Waals surface area contributed by atoms with Crippen LogP contribution in [0.25, 0.3) is 0 Å². The zero-order valence-corrected chi connectivity index (χ0v) is 12.8. The van der Waals surface area contributed by atoms with Crippen molar-refractivity contribution in [2.75, 3.05) is 0 Å². The number of aromatic nitrogens is 1. The second kappa shape index (κ2) is 6.52. The molecule has 0 aliphatic rings. The minimum Gasteiger partial charge on any atom is -0.478 e. The molecule has 2 rings (SSSR count). The fourth-order valence-electron chi connectivity index (χ4n) is 2.05. The first-order chi connectivity index (χ1) is 11.1. The lowest BCUT2D eigenvalue weighted by Gasteiger charge is -2.24. The molecule has 0 bridgehead atoms. The summed E-state index contributed by atoms with van der Waals surface area (Å²) in [5.74, 6) is -1.47. The molecular weight excluding hydrogens is 329 g/mol. The van der Waals surface area contributed by atoms with Crippen LogP contribution in [0.15, 0.2) is 35.1 Å². The summed E-state index contributed by atoms with van der Waals surface area (Å²) < 4.78 is 44.8. The van der Waals surface area contributed by atoms with Gasteiger partial charge in [-0.15, -0.1) is 13.2 Å². The van der Waals surface area contributed by atoms with E-state index in [1.165, 1.54) is 24.3 Å². The fraction of sp³-hybridized carbons (Fsp3) is 0.333. The minimum atomic E-state index is -4.73. The van der Waals surface area contributed by atoms with Crippen LogP contribution < -0.4 is 10.1 Å². The SMILES string of the molecule is CC(C)(NCc1ccc(OC(F)(F)F)cc1)c1nocc1C(=O)O. The molecule has 24 heavy (non-hydrogen) atoms. The quantitative estimate of drug-likeness (QED) is 0.836. The van der Waals surface area contributed by atoms with Crippen molar-refractivity contribution in [3.8, 4) is 5.75 Å². The Morgan fingerprint density at radius 1 is 1.29 bits per heavy atom. The van der Waals surface area contributed by atoms with Crippen LogP contribution in [0.4, 0.5) is 13.2 Å². The van der Waals surface area contributed by atoms with E-state index in [1.54, 1.807) is 13.8 Å². The van der Waals surface area contributed by atoms with Gasteiger partial charge >= 0.3 is 12.3 Å². The Balaban J connectivity index is 2.04. The lowest BCUT2D eigenvalue weighted by atomic mass is 9.96. The molecule has 0 aliphatic heterocycles. The summed E-state index contributed by atoms with van der Waals surface area (Å²) in [5, 5.41) is 15.9. The summed E-state index contributed by atoms with van der Waals surface area (Å²) in [6.45, 7) is 3.72. The van der Waals surface area contributed by atoms with Gasteiger partial charge in [-0.3, -0.25) is 0 Å². The Hall–Kier alpha value is -2.55. The molecule has 130 valence electrons. The maximum absolute atomic E-state index is 12.1. The van der Waals surface area contributed by atoms with Gasteiger partial charge in [0, 0.05) is 6.54 Å². The van der Waals surface area contributed by atoms with Gasteiger partial charge in [-0.2, -0.15) is 0 Å². The monoisotopic (exact) mass is 344 g/mol. The number of hydrogen-bond acceptors (Lipinski definition) is 5.